The van der Waals surface area contributed by atoms with E-state index < -0.39 is 5.92 Å². The molecule has 1 aliphatic rings. The quantitative estimate of drug-likeness (QED) is 0.707. The third kappa shape index (κ3) is 1.32. The molecule has 1 aliphatic carbocycles. The van der Waals surface area contributed by atoms with Crippen LogP contribution in [0.15, 0.2) is 18.2 Å². The molecule has 0 unspecified atom stereocenters. The molecule has 1 aromatic carbocycles. The first kappa shape index (κ1) is 9.75. The number of fused-ring (bicyclic) bond motifs is 3. The maximum Gasteiger partial charge on any atom is 0.252 e. The van der Waals surface area contributed by atoms with Gasteiger partial charge in [0.05, 0.1) is 5.52 Å². The number of H-pyrrole nitrogens is 1. The van der Waals surface area contributed by atoms with Crippen LogP contribution in [0, 0.1) is 5.82 Å². The molecule has 0 amide bonds. The van der Waals surface area contributed by atoms with E-state index in [2.05, 4.69) is 4.98 Å². The lowest BCUT2D eigenvalue weighted by atomic mass is 9.92. The highest BCUT2D eigenvalue weighted by molar-refractivity contribution is 5.85. The smallest absolute Gasteiger partial charge is 0.252 e. The largest absolute Gasteiger partial charge is 0.356 e. The Labute approximate surface area is 90.3 Å². The number of aryl methyl sites for hydroxylation is 1. The van der Waals surface area contributed by atoms with Crippen molar-refractivity contribution in [1.29, 1.82) is 0 Å². The van der Waals surface area contributed by atoms with Gasteiger partial charge in [-0.1, -0.05) is 12.1 Å². The van der Waals surface area contributed by atoms with Crippen LogP contribution < -0.4 is 0 Å². The first-order valence-corrected chi connectivity index (χ1v) is 5.23. The second-order valence-electron chi connectivity index (χ2n) is 4.28. The molecule has 0 bridgehead atoms. The van der Waals surface area contributed by atoms with Gasteiger partial charge >= 0.3 is 0 Å². The molecule has 1 aromatic heterocycles. The first-order valence-electron chi connectivity index (χ1n) is 5.23. The zero-order valence-electron chi connectivity index (χ0n) is 8.49. The molecular formula is C12H10F3N. The topological polar surface area (TPSA) is 15.8 Å². The molecule has 0 atom stereocenters. The highest BCUT2D eigenvalue weighted by atomic mass is 19.3. The van der Waals surface area contributed by atoms with Gasteiger partial charge in [0.25, 0.3) is 5.92 Å². The van der Waals surface area contributed by atoms with Crippen LogP contribution in [0.4, 0.5) is 13.2 Å². The average Bonchev–Trinajstić information content (AvgIpc) is 2.57. The van der Waals surface area contributed by atoms with E-state index in [9.17, 15) is 13.2 Å². The van der Waals surface area contributed by atoms with Crippen molar-refractivity contribution < 1.29 is 13.2 Å². The number of halogens is 3. The van der Waals surface area contributed by atoms with E-state index in [4.69, 9.17) is 0 Å². The Hall–Kier alpha value is -1.45. The minimum Gasteiger partial charge on any atom is -0.356 e. The summed E-state index contributed by atoms with van der Waals surface area (Å²) in [6.45, 7) is 0. The summed E-state index contributed by atoms with van der Waals surface area (Å²) in [5.74, 6) is -3.04. The predicted octanol–water partition coefficient (Wildman–Crippen LogP) is 3.43. The average molecular weight is 225 g/mol. The Morgan fingerprint density at radius 3 is 2.88 bits per heavy atom. The Morgan fingerprint density at radius 2 is 2.06 bits per heavy atom. The molecule has 84 valence electrons. The molecule has 1 nitrogen and oxygen atoms in total. The van der Waals surface area contributed by atoms with E-state index in [1.807, 2.05) is 0 Å². The normalized spacial score (nSPS) is 18.7. The number of aromatic amines is 1. The molecule has 2 aromatic rings. The molecule has 0 saturated carbocycles. The van der Waals surface area contributed by atoms with E-state index in [1.54, 1.807) is 12.1 Å². The molecular weight excluding hydrogens is 215 g/mol. The van der Waals surface area contributed by atoms with Crippen LogP contribution >= 0.6 is 0 Å². The zero-order valence-corrected chi connectivity index (χ0v) is 8.49. The second kappa shape index (κ2) is 3.03. The number of para-hydroxylation sites is 1. The maximum atomic E-state index is 13.4. The molecule has 0 saturated heterocycles. The van der Waals surface area contributed by atoms with Crippen LogP contribution in [0.1, 0.15) is 17.7 Å². The molecule has 1 N–H and O–H groups in total. The molecule has 1 heterocycles. The van der Waals surface area contributed by atoms with Crippen molar-refractivity contribution in [3.63, 3.8) is 0 Å². The number of hydrogen-bond acceptors (Lipinski definition) is 0. The van der Waals surface area contributed by atoms with E-state index in [1.165, 1.54) is 6.07 Å². The lowest BCUT2D eigenvalue weighted by Crippen LogP contribution is -2.25. The minimum absolute atomic E-state index is 0.158. The van der Waals surface area contributed by atoms with Crippen molar-refractivity contribution in [3.8, 4) is 0 Å². The fourth-order valence-corrected chi connectivity index (χ4v) is 2.36. The SMILES string of the molecule is Fc1cccc2c3c([nH]c12)CCC(F)(F)C3. The van der Waals surface area contributed by atoms with Crippen LogP contribution in [0.3, 0.4) is 0 Å². The summed E-state index contributed by atoms with van der Waals surface area (Å²) < 4.78 is 40.0. The van der Waals surface area contributed by atoms with Gasteiger partial charge < -0.3 is 4.98 Å². The Bertz CT molecular complexity index is 557. The monoisotopic (exact) mass is 225 g/mol. The summed E-state index contributed by atoms with van der Waals surface area (Å²) in [7, 11) is 0. The number of hydrogen-bond donors (Lipinski definition) is 1. The summed E-state index contributed by atoms with van der Waals surface area (Å²) in [5.41, 5.74) is 1.68. The van der Waals surface area contributed by atoms with Gasteiger partial charge in [-0.3, -0.25) is 0 Å². The third-order valence-electron chi connectivity index (χ3n) is 3.16. The molecule has 4 heteroatoms. The number of nitrogens with one attached hydrogen (secondary N) is 1. The molecule has 16 heavy (non-hydrogen) atoms. The van der Waals surface area contributed by atoms with Crippen molar-refractivity contribution >= 4 is 10.9 Å². The van der Waals surface area contributed by atoms with Crippen LogP contribution in [-0.2, 0) is 12.8 Å². The molecule has 3 rings (SSSR count). The number of aromatic nitrogens is 1. The fraction of sp³-hybridized carbons (Fsp3) is 0.333. The lowest BCUT2D eigenvalue weighted by Gasteiger charge is -2.21. The second-order valence-corrected chi connectivity index (χ2v) is 4.28. The van der Waals surface area contributed by atoms with Gasteiger partial charge in [0.2, 0.25) is 0 Å². The summed E-state index contributed by atoms with van der Waals surface area (Å²) in [6, 6.07) is 4.58. The van der Waals surface area contributed by atoms with E-state index in [0.29, 0.717) is 16.5 Å². The van der Waals surface area contributed by atoms with Crippen LogP contribution in [0.2, 0.25) is 0 Å². The lowest BCUT2D eigenvalue weighted by molar-refractivity contribution is -0.0121. The van der Waals surface area contributed by atoms with Gasteiger partial charge in [-0.05, 0) is 18.1 Å². The summed E-state index contributed by atoms with van der Waals surface area (Å²) in [4.78, 5) is 2.91. The number of benzene rings is 1. The maximum absolute atomic E-state index is 13.4. The summed E-state index contributed by atoms with van der Waals surface area (Å²) in [6.07, 6.45) is -0.156. The van der Waals surface area contributed by atoms with Crippen LogP contribution in [0.25, 0.3) is 10.9 Å². The molecule has 0 spiro atoms. The van der Waals surface area contributed by atoms with Crippen molar-refractivity contribution in [1.82, 2.24) is 4.98 Å². The van der Waals surface area contributed by atoms with Crippen molar-refractivity contribution in [2.75, 3.05) is 0 Å². The fourth-order valence-electron chi connectivity index (χ4n) is 2.36. The Kier molecular flexibility index (Phi) is 1.85. The highest BCUT2D eigenvalue weighted by Crippen LogP contribution is 2.37. The highest BCUT2D eigenvalue weighted by Gasteiger charge is 2.36. The van der Waals surface area contributed by atoms with Crippen LogP contribution in [-0.4, -0.2) is 10.9 Å². The van der Waals surface area contributed by atoms with Gasteiger partial charge in [0, 0.05) is 23.9 Å². The summed E-state index contributed by atoms with van der Waals surface area (Å²) in [5, 5.41) is 0.592. The minimum atomic E-state index is -2.66. The number of rotatable bonds is 0. The van der Waals surface area contributed by atoms with Gasteiger partial charge in [-0.25, -0.2) is 13.2 Å². The number of alkyl halides is 2. The molecule has 0 aliphatic heterocycles. The van der Waals surface area contributed by atoms with Gasteiger partial charge in [-0.2, -0.15) is 0 Å². The van der Waals surface area contributed by atoms with E-state index in [-0.39, 0.29) is 25.1 Å². The predicted molar refractivity (Wildman–Crippen MR) is 55.2 cm³/mol. The Balaban J connectivity index is 2.26. The van der Waals surface area contributed by atoms with Crippen molar-refractivity contribution in [3.05, 3.63) is 35.3 Å². The standard InChI is InChI=1S/C12H10F3N/c13-9-3-1-2-7-8-6-12(14,15)5-4-10(8)16-11(7)9/h1-3,16H,4-6H2. The van der Waals surface area contributed by atoms with Gasteiger partial charge in [0.1, 0.15) is 5.82 Å². The third-order valence-corrected chi connectivity index (χ3v) is 3.16. The van der Waals surface area contributed by atoms with Gasteiger partial charge in [-0.15, -0.1) is 0 Å². The molecule has 0 radical (unpaired) electrons. The zero-order chi connectivity index (χ0) is 11.3. The van der Waals surface area contributed by atoms with E-state index >= 15 is 0 Å². The van der Waals surface area contributed by atoms with Crippen molar-refractivity contribution in [2.24, 2.45) is 0 Å². The Morgan fingerprint density at radius 1 is 1.25 bits per heavy atom. The van der Waals surface area contributed by atoms with Crippen LogP contribution in [0.5, 0.6) is 0 Å². The molecule has 0 fully saturated rings. The van der Waals surface area contributed by atoms with E-state index in [0.717, 1.165) is 5.69 Å². The first-order chi connectivity index (χ1) is 7.57. The van der Waals surface area contributed by atoms with Gasteiger partial charge in [0.15, 0.2) is 0 Å². The van der Waals surface area contributed by atoms with Crippen molar-refractivity contribution in [2.45, 2.75) is 25.2 Å². The summed E-state index contributed by atoms with van der Waals surface area (Å²) >= 11 is 0.